The summed E-state index contributed by atoms with van der Waals surface area (Å²) in [5.74, 6) is 0. The van der Waals surface area contributed by atoms with E-state index < -0.39 is 0 Å². The molecule has 0 saturated heterocycles. The van der Waals surface area contributed by atoms with E-state index in [1.54, 1.807) is 0 Å². The average molecular weight is 655 g/mol. The summed E-state index contributed by atoms with van der Waals surface area (Å²) in [6.07, 6.45) is 0. The van der Waals surface area contributed by atoms with E-state index in [0.29, 0.717) is 0 Å². The second kappa shape index (κ2) is 12.5. The number of aromatic nitrogens is 1. The molecule has 8 aromatic carbocycles. The van der Waals surface area contributed by atoms with Gasteiger partial charge in [0.2, 0.25) is 0 Å². The normalized spacial score (nSPS) is 11.7. The third kappa shape index (κ3) is 5.46. The lowest BCUT2D eigenvalue weighted by Crippen LogP contribution is -2.19. The molecule has 0 aliphatic rings. The summed E-state index contributed by atoms with van der Waals surface area (Å²) in [5.41, 5.74) is 11.7. The van der Waals surface area contributed by atoms with Gasteiger partial charge in [0.25, 0.3) is 0 Å². The molecule has 2 heteroatoms. The Kier molecular flexibility index (Phi) is 7.51. The number of nitrogens with zero attached hydrogens (tertiary/aromatic N) is 2. The van der Waals surface area contributed by atoms with Crippen LogP contribution in [0.1, 0.15) is 25.0 Å². The van der Waals surface area contributed by atoms with Gasteiger partial charge >= 0.3 is 0 Å². The predicted octanol–water partition coefficient (Wildman–Crippen LogP) is 13.4. The van der Waals surface area contributed by atoms with Crippen molar-refractivity contribution >= 4 is 49.6 Å². The Balaban J connectivity index is 1.18. The van der Waals surface area contributed by atoms with Gasteiger partial charge in [-0.3, -0.25) is 0 Å². The smallest absolute Gasteiger partial charge is 0.0561 e. The Labute approximate surface area is 299 Å². The van der Waals surface area contributed by atoms with E-state index in [0.717, 1.165) is 22.7 Å². The molecular formula is C49H38N2. The molecule has 1 aromatic heterocycles. The Morgan fingerprint density at radius 1 is 0.392 bits per heavy atom. The average Bonchev–Trinajstić information content (AvgIpc) is 3.52. The zero-order valence-electron chi connectivity index (χ0n) is 28.9. The highest BCUT2D eigenvalue weighted by Gasteiger charge is 2.24. The van der Waals surface area contributed by atoms with Gasteiger partial charge in [0.15, 0.2) is 0 Å². The van der Waals surface area contributed by atoms with E-state index in [9.17, 15) is 0 Å². The Bertz CT molecular complexity index is 2630. The minimum atomic E-state index is -0.166. The molecule has 0 bridgehead atoms. The molecule has 1 heterocycles. The maximum atomic E-state index is 2.39. The van der Waals surface area contributed by atoms with Crippen LogP contribution in [0.2, 0.25) is 0 Å². The fraction of sp³-hybridized carbons (Fsp3) is 0.0612. The summed E-state index contributed by atoms with van der Waals surface area (Å²) >= 11 is 0. The molecule has 0 N–H and O–H groups in total. The Morgan fingerprint density at radius 2 is 0.941 bits per heavy atom. The van der Waals surface area contributed by atoms with Crippen molar-refractivity contribution in [3.05, 3.63) is 205 Å². The standard InChI is InChI=1S/C49H38N2/c1-49(2,40-24-21-36-15-9-10-16-38(36)33-40)39-25-29-43(30-26-39)50(42-27-22-37(23-28-42)35-13-5-3-6-14-35)44-31-32-46-45-19-11-12-20-47(45)51(48(46)34-44)41-17-7-4-8-18-41/h3-34H,1-2H3. The fourth-order valence-corrected chi connectivity index (χ4v) is 7.61. The third-order valence-electron chi connectivity index (χ3n) is 10.5. The lowest BCUT2D eigenvalue weighted by Gasteiger charge is -2.29. The van der Waals surface area contributed by atoms with Crippen molar-refractivity contribution in [1.29, 1.82) is 0 Å². The first-order valence-electron chi connectivity index (χ1n) is 17.7. The molecule has 0 saturated carbocycles. The van der Waals surface area contributed by atoms with Crippen molar-refractivity contribution < 1.29 is 0 Å². The molecular weight excluding hydrogens is 617 g/mol. The van der Waals surface area contributed by atoms with Crippen molar-refractivity contribution in [1.82, 2.24) is 4.57 Å². The Hall–Kier alpha value is -6.38. The minimum absolute atomic E-state index is 0.166. The zero-order valence-corrected chi connectivity index (χ0v) is 28.9. The van der Waals surface area contributed by atoms with E-state index in [4.69, 9.17) is 0 Å². The SMILES string of the molecule is CC(C)(c1ccc(N(c2ccc(-c3ccccc3)cc2)c2ccc3c4ccccc4n(-c4ccccc4)c3c2)cc1)c1ccc2ccccc2c1. The molecule has 0 amide bonds. The number of benzene rings is 8. The molecule has 51 heavy (non-hydrogen) atoms. The predicted molar refractivity (Wildman–Crippen MR) is 217 cm³/mol. The largest absolute Gasteiger partial charge is 0.310 e. The fourth-order valence-electron chi connectivity index (χ4n) is 7.61. The third-order valence-corrected chi connectivity index (χ3v) is 10.5. The van der Waals surface area contributed by atoms with Gasteiger partial charge in [-0.2, -0.15) is 0 Å². The van der Waals surface area contributed by atoms with Crippen LogP contribution in [0.25, 0.3) is 49.4 Å². The number of hydrogen-bond acceptors (Lipinski definition) is 1. The van der Waals surface area contributed by atoms with E-state index in [1.807, 2.05) is 0 Å². The summed E-state index contributed by atoms with van der Waals surface area (Å²) in [6, 6.07) is 70.4. The van der Waals surface area contributed by atoms with Gasteiger partial charge in [0.1, 0.15) is 0 Å². The van der Waals surface area contributed by atoms with Crippen LogP contribution in [0.5, 0.6) is 0 Å². The molecule has 0 aliphatic heterocycles. The molecule has 9 aromatic rings. The molecule has 0 unspecified atom stereocenters. The molecule has 9 rings (SSSR count). The lowest BCUT2D eigenvalue weighted by atomic mass is 9.77. The first-order valence-corrected chi connectivity index (χ1v) is 17.7. The number of anilines is 3. The molecule has 0 spiro atoms. The van der Waals surface area contributed by atoms with Gasteiger partial charge in [0.05, 0.1) is 11.0 Å². The van der Waals surface area contributed by atoms with Crippen LogP contribution < -0.4 is 4.90 Å². The number of fused-ring (bicyclic) bond motifs is 4. The van der Waals surface area contributed by atoms with Crippen molar-refractivity contribution in [3.63, 3.8) is 0 Å². The summed E-state index contributed by atoms with van der Waals surface area (Å²) in [7, 11) is 0. The number of hydrogen-bond donors (Lipinski definition) is 0. The van der Waals surface area contributed by atoms with Gasteiger partial charge in [-0.25, -0.2) is 0 Å². The topological polar surface area (TPSA) is 8.17 Å². The van der Waals surface area contributed by atoms with E-state index in [1.165, 1.54) is 54.8 Å². The van der Waals surface area contributed by atoms with Crippen LogP contribution in [0.3, 0.4) is 0 Å². The summed E-state index contributed by atoms with van der Waals surface area (Å²) in [6.45, 7) is 4.64. The first-order chi connectivity index (χ1) is 25.0. The van der Waals surface area contributed by atoms with Gasteiger partial charge in [-0.15, -0.1) is 0 Å². The van der Waals surface area contributed by atoms with E-state index in [2.05, 4.69) is 217 Å². The highest BCUT2D eigenvalue weighted by atomic mass is 15.1. The van der Waals surface area contributed by atoms with Gasteiger partial charge in [-0.05, 0) is 87.6 Å². The maximum absolute atomic E-state index is 2.39. The highest BCUT2D eigenvalue weighted by molar-refractivity contribution is 6.10. The molecule has 0 atom stereocenters. The van der Waals surface area contributed by atoms with Crippen LogP contribution in [0, 0.1) is 0 Å². The molecule has 0 aliphatic carbocycles. The van der Waals surface area contributed by atoms with Crippen LogP contribution in [0.4, 0.5) is 17.1 Å². The van der Waals surface area contributed by atoms with E-state index in [-0.39, 0.29) is 5.41 Å². The second-order valence-corrected chi connectivity index (χ2v) is 13.9. The van der Waals surface area contributed by atoms with E-state index >= 15 is 0 Å². The molecule has 2 nitrogen and oxygen atoms in total. The first kappa shape index (κ1) is 30.7. The molecule has 244 valence electrons. The van der Waals surface area contributed by atoms with Crippen molar-refractivity contribution in [3.8, 4) is 16.8 Å². The highest BCUT2D eigenvalue weighted by Crippen LogP contribution is 2.41. The molecule has 0 fully saturated rings. The quantitative estimate of drug-likeness (QED) is 0.166. The number of para-hydroxylation sites is 2. The summed E-state index contributed by atoms with van der Waals surface area (Å²) in [4.78, 5) is 2.38. The van der Waals surface area contributed by atoms with Crippen molar-refractivity contribution in [2.45, 2.75) is 19.3 Å². The van der Waals surface area contributed by atoms with Gasteiger partial charge < -0.3 is 9.47 Å². The zero-order chi connectivity index (χ0) is 34.4. The minimum Gasteiger partial charge on any atom is -0.310 e. The van der Waals surface area contributed by atoms with Crippen LogP contribution >= 0.6 is 0 Å². The summed E-state index contributed by atoms with van der Waals surface area (Å²) in [5, 5.41) is 5.03. The molecule has 0 radical (unpaired) electrons. The van der Waals surface area contributed by atoms with Crippen molar-refractivity contribution in [2.24, 2.45) is 0 Å². The van der Waals surface area contributed by atoms with Crippen LogP contribution in [-0.4, -0.2) is 4.57 Å². The maximum Gasteiger partial charge on any atom is 0.0561 e. The van der Waals surface area contributed by atoms with Gasteiger partial charge in [-0.1, -0.05) is 153 Å². The lowest BCUT2D eigenvalue weighted by molar-refractivity contribution is 0.642. The monoisotopic (exact) mass is 654 g/mol. The van der Waals surface area contributed by atoms with Crippen LogP contribution in [0.15, 0.2) is 194 Å². The van der Waals surface area contributed by atoms with Gasteiger partial charge in [0, 0.05) is 38.9 Å². The number of rotatable bonds is 7. The second-order valence-electron chi connectivity index (χ2n) is 13.9. The Morgan fingerprint density at radius 3 is 1.69 bits per heavy atom. The summed E-state index contributed by atoms with van der Waals surface area (Å²) < 4.78 is 2.39. The van der Waals surface area contributed by atoms with Crippen molar-refractivity contribution in [2.75, 3.05) is 4.90 Å². The van der Waals surface area contributed by atoms with Crippen LogP contribution in [-0.2, 0) is 5.41 Å².